The van der Waals surface area contributed by atoms with Crippen LogP contribution in [0, 0.1) is 0 Å². The Labute approximate surface area is 201 Å². The van der Waals surface area contributed by atoms with Crippen LogP contribution in [-0.4, -0.2) is 69.9 Å². The van der Waals surface area contributed by atoms with Gasteiger partial charge in [-0.25, -0.2) is 9.97 Å². The molecule has 3 N–H and O–H groups in total. The number of carboxylic acid groups (broad SMARTS) is 1. The number of nitrogens with zero attached hydrogens (tertiary/aromatic N) is 4. The molecule has 1 amide bonds. The van der Waals surface area contributed by atoms with Gasteiger partial charge in [0.05, 0.1) is 31.1 Å². The highest BCUT2D eigenvalue weighted by molar-refractivity contribution is 5.93. The highest BCUT2D eigenvalue weighted by Crippen LogP contribution is 2.22. The summed E-state index contributed by atoms with van der Waals surface area (Å²) in [4.78, 5) is 48.4. The van der Waals surface area contributed by atoms with Crippen LogP contribution in [0.1, 0.15) is 19.8 Å². The molecule has 3 rings (SSSR count). The number of ether oxygens (including phenoxy) is 2. The van der Waals surface area contributed by atoms with E-state index in [0.29, 0.717) is 42.4 Å². The lowest BCUT2D eigenvalue weighted by Crippen LogP contribution is -2.32. The number of nitrogens with one attached hydrogen (secondary N) is 2. The summed E-state index contributed by atoms with van der Waals surface area (Å²) in [5, 5.41) is 14.0. The van der Waals surface area contributed by atoms with Crippen LogP contribution in [0.3, 0.4) is 0 Å². The highest BCUT2D eigenvalue weighted by Gasteiger charge is 2.14. The number of carbonyl (C=O) groups is 2. The average Bonchev–Trinajstić information content (AvgIpc) is 2.85. The monoisotopic (exact) mass is 484 g/mol. The molecule has 0 aliphatic carbocycles. The number of amides is 1. The molecule has 3 heterocycles. The van der Waals surface area contributed by atoms with Crippen LogP contribution < -0.4 is 20.9 Å². The fourth-order valence-electron chi connectivity index (χ4n) is 3.28. The van der Waals surface area contributed by atoms with Gasteiger partial charge in [0, 0.05) is 44.1 Å². The SMILES string of the molecule is CCCOCCn1c(=O)c(NCCNC(=O)CC(=O)O)nc2cnc(-c3ccc(OC)nc3)cc21. The van der Waals surface area contributed by atoms with Gasteiger partial charge in [0.25, 0.3) is 5.56 Å². The number of rotatable bonds is 13. The lowest BCUT2D eigenvalue weighted by atomic mass is 10.2. The molecular weight excluding hydrogens is 456 g/mol. The van der Waals surface area contributed by atoms with Crippen molar-refractivity contribution in [1.29, 1.82) is 0 Å². The summed E-state index contributed by atoms with van der Waals surface area (Å²) in [7, 11) is 1.54. The van der Waals surface area contributed by atoms with Crippen molar-refractivity contribution in [3.8, 4) is 17.1 Å². The first-order valence-electron chi connectivity index (χ1n) is 11.1. The quantitative estimate of drug-likeness (QED) is 0.238. The van der Waals surface area contributed by atoms with Gasteiger partial charge in [-0.2, -0.15) is 0 Å². The normalized spacial score (nSPS) is 10.8. The van der Waals surface area contributed by atoms with Crippen molar-refractivity contribution in [3.63, 3.8) is 0 Å². The molecule has 0 unspecified atom stereocenters. The van der Waals surface area contributed by atoms with Gasteiger partial charge in [-0.3, -0.25) is 19.4 Å². The Bertz CT molecular complexity index is 1230. The Morgan fingerprint density at radius 1 is 1.14 bits per heavy atom. The first-order chi connectivity index (χ1) is 16.9. The number of carboxylic acids is 1. The molecule has 0 spiro atoms. The van der Waals surface area contributed by atoms with Crippen LogP contribution in [0.4, 0.5) is 5.82 Å². The third-order valence-corrected chi connectivity index (χ3v) is 4.93. The van der Waals surface area contributed by atoms with Crippen LogP contribution in [0.2, 0.25) is 0 Å². The zero-order chi connectivity index (χ0) is 25.2. The van der Waals surface area contributed by atoms with Gasteiger partial charge in [0.15, 0.2) is 5.82 Å². The molecule has 0 aliphatic rings. The van der Waals surface area contributed by atoms with Gasteiger partial charge in [0.2, 0.25) is 11.8 Å². The smallest absolute Gasteiger partial charge is 0.312 e. The molecular formula is C23H28N6O6. The third kappa shape index (κ3) is 6.96. The Kier molecular flexibility index (Phi) is 9.07. The number of aliphatic carboxylic acids is 1. The summed E-state index contributed by atoms with van der Waals surface area (Å²) >= 11 is 0. The molecule has 12 nitrogen and oxygen atoms in total. The first-order valence-corrected chi connectivity index (χ1v) is 11.1. The Morgan fingerprint density at radius 2 is 1.97 bits per heavy atom. The number of pyridine rings is 2. The first kappa shape index (κ1) is 25.6. The lowest BCUT2D eigenvalue weighted by molar-refractivity contribution is -0.140. The standard InChI is InChI=1S/C23H28N6O6/c1-3-9-35-10-8-29-18-11-16(15-4-5-20(34-2)27-13-15)26-14-17(18)28-22(23(29)33)25-7-6-24-19(30)12-21(31)32/h4-5,11,13-14H,3,6-10,12H2,1-2H3,(H,24,30)(H,25,28)(H,31,32). The van der Waals surface area contributed by atoms with Crippen molar-refractivity contribution < 1.29 is 24.2 Å². The van der Waals surface area contributed by atoms with Crippen LogP contribution in [0.5, 0.6) is 5.88 Å². The molecule has 0 atom stereocenters. The molecule has 0 saturated heterocycles. The maximum atomic E-state index is 13.2. The number of aromatic nitrogens is 4. The van der Waals surface area contributed by atoms with Crippen molar-refractivity contribution in [2.75, 3.05) is 38.7 Å². The molecule has 0 radical (unpaired) electrons. The van der Waals surface area contributed by atoms with Gasteiger partial charge >= 0.3 is 5.97 Å². The maximum absolute atomic E-state index is 13.2. The van der Waals surface area contributed by atoms with Crippen molar-refractivity contribution in [1.82, 2.24) is 24.8 Å². The molecule has 186 valence electrons. The summed E-state index contributed by atoms with van der Waals surface area (Å²) in [6, 6.07) is 5.34. The molecule has 0 saturated carbocycles. The number of anilines is 1. The minimum atomic E-state index is -1.21. The summed E-state index contributed by atoms with van der Waals surface area (Å²) < 4.78 is 12.3. The Morgan fingerprint density at radius 3 is 2.66 bits per heavy atom. The lowest BCUT2D eigenvalue weighted by Gasteiger charge is -2.14. The number of hydrogen-bond acceptors (Lipinski definition) is 9. The zero-order valence-electron chi connectivity index (χ0n) is 19.6. The fourth-order valence-corrected chi connectivity index (χ4v) is 3.28. The van der Waals surface area contributed by atoms with Crippen molar-refractivity contribution in [3.05, 3.63) is 40.9 Å². The van der Waals surface area contributed by atoms with E-state index in [-0.39, 0.29) is 24.5 Å². The van der Waals surface area contributed by atoms with Gasteiger partial charge in [-0.1, -0.05) is 6.92 Å². The Balaban J connectivity index is 1.86. The van der Waals surface area contributed by atoms with E-state index >= 15 is 0 Å². The number of hydrogen-bond donors (Lipinski definition) is 3. The van der Waals surface area contributed by atoms with Gasteiger partial charge < -0.3 is 29.8 Å². The minimum Gasteiger partial charge on any atom is -0.481 e. The topological polar surface area (TPSA) is 158 Å². The predicted octanol–water partition coefficient (Wildman–Crippen LogP) is 1.29. The van der Waals surface area contributed by atoms with Crippen LogP contribution >= 0.6 is 0 Å². The fraction of sp³-hybridized carbons (Fsp3) is 0.391. The van der Waals surface area contributed by atoms with Crippen LogP contribution in [0.15, 0.2) is 35.4 Å². The third-order valence-electron chi connectivity index (χ3n) is 4.93. The van der Waals surface area contributed by atoms with E-state index in [1.807, 2.05) is 13.0 Å². The maximum Gasteiger partial charge on any atom is 0.312 e. The summed E-state index contributed by atoms with van der Waals surface area (Å²) in [6.45, 7) is 3.57. The van der Waals surface area contributed by atoms with Crippen molar-refractivity contribution >= 4 is 28.7 Å². The van der Waals surface area contributed by atoms with Crippen LogP contribution in [0.25, 0.3) is 22.3 Å². The highest BCUT2D eigenvalue weighted by atomic mass is 16.5. The van der Waals surface area contributed by atoms with Gasteiger partial charge in [-0.05, 0) is 18.6 Å². The second kappa shape index (κ2) is 12.4. The molecule has 3 aromatic heterocycles. The predicted molar refractivity (Wildman–Crippen MR) is 128 cm³/mol. The van der Waals surface area contributed by atoms with Gasteiger partial charge in [-0.15, -0.1) is 0 Å². The minimum absolute atomic E-state index is 0.0983. The van der Waals surface area contributed by atoms with Crippen LogP contribution in [-0.2, 0) is 20.9 Å². The zero-order valence-corrected chi connectivity index (χ0v) is 19.6. The van der Waals surface area contributed by atoms with E-state index in [2.05, 4.69) is 25.6 Å². The Hall–Kier alpha value is -4.06. The van der Waals surface area contributed by atoms with E-state index in [4.69, 9.17) is 14.6 Å². The second-order valence-corrected chi connectivity index (χ2v) is 7.52. The summed E-state index contributed by atoms with van der Waals surface area (Å²) in [5.74, 6) is -1.24. The second-order valence-electron chi connectivity index (χ2n) is 7.52. The molecule has 35 heavy (non-hydrogen) atoms. The molecule has 0 fully saturated rings. The van der Waals surface area contributed by atoms with E-state index < -0.39 is 18.3 Å². The largest absolute Gasteiger partial charge is 0.481 e. The number of carbonyl (C=O) groups excluding carboxylic acids is 1. The van der Waals surface area contributed by atoms with E-state index in [0.717, 1.165) is 12.0 Å². The molecule has 0 aliphatic heterocycles. The van der Waals surface area contributed by atoms with Gasteiger partial charge in [0.1, 0.15) is 11.9 Å². The molecule has 12 heteroatoms. The molecule has 0 bridgehead atoms. The molecule has 0 aromatic carbocycles. The van der Waals surface area contributed by atoms with Crippen molar-refractivity contribution in [2.24, 2.45) is 0 Å². The van der Waals surface area contributed by atoms with E-state index in [1.165, 1.54) is 7.11 Å². The van der Waals surface area contributed by atoms with E-state index in [1.54, 1.807) is 29.1 Å². The molecule has 3 aromatic rings. The van der Waals surface area contributed by atoms with Crippen molar-refractivity contribution in [2.45, 2.75) is 26.3 Å². The summed E-state index contributed by atoms with van der Waals surface area (Å²) in [6.07, 6.45) is 3.47. The van der Waals surface area contributed by atoms with E-state index in [9.17, 15) is 14.4 Å². The average molecular weight is 485 g/mol. The summed E-state index contributed by atoms with van der Waals surface area (Å²) in [5.41, 5.74) is 2.13. The number of fused-ring (bicyclic) bond motifs is 1. The number of methoxy groups -OCH3 is 1.